The first-order valence-electron chi connectivity index (χ1n) is 7.95. The number of alkyl halides is 3. The minimum absolute atomic E-state index is 0.00903. The number of rotatable bonds is 4. The Morgan fingerprint density at radius 1 is 1.35 bits per heavy atom. The van der Waals surface area contributed by atoms with Gasteiger partial charge in [0.1, 0.15) is 12.6 Å². The molecule has 2 fully saturated rings. The summed E-state index contributed by atoms with van der Waals surface area (Å²) in [6.45, 7) is -1.29. The van der Waals surface area contributed by atoms with Crippen molar-refractivity contribution in [1.82, 2.24) is 9.80 Å². The zero-order valence-electron chi connectivity index (χ0n) is 13.2. The highest BCUT2D eigenvalue weighted by Gasteiger charge is 2.42. The number of halogens is 3. The summed E-state index contributed by atoms with van der Waals surface area (Å²) in [5.41, 5.74) is -1.04. The van der Waals surface area contributed by atoms with Crippen LogP contribution in [0.3, 0.4) is 0 Å². The molecule has 1 heterocycles. The molecular weight excluding hydrogens is 313 g/mol. The van der Waals surface area contributed by atoms with Crippen molar-refractivity contribution >= 4 is 11.8 Å². The van der Waals surface area contributed by atoms with Crippen LogP contribution in [0.5, 0.6) is 0 Å². The van der Waals surface area contributed by atoms with Crippen molar-refractivity contribution in [1.29, 1.82) is 0 Å². The van der Waals surface area contributed by atoms with Crippen molar-refractivity contribution in [2.45, 2.75) is 62.8 Å². The van der Waals surface area contributed by atoms with Gasteiger partial charge in [0.15, 0.2) is 0 Å². The van der Waals surface area contributed by atoms with Gasteiger partial charge in [0, 0.05) is 13.6 Å². The van der Waals surface area contributed by atoms with E-state index in [2.05, 4.69) is 0 Å². The molecule has 0 aromatic carbocycles. The van der Waals surface area contributed by atoms with Crippen LogP contribution < -0.4 is 0 Å². The van der Waals surface area contributed by atoms with Gasteiger partial charge in [-0.1, -0.05) is 19.3 Å². The second-order valence-electron chi connectivity index (χ2n) is 6.65. The van der Waals surface area contributed by atoms with Crippen LogP contribution in [0.25, 0.3) is 0 Å². The molecule has 1 aliphatic heterocycles. The number of aliphatic hydroxyl groups is 1. The van der Waals surface area contributed by atoms with Crippen molar-refractivity contribution in [3.8, 4) is 0 Å². The molecule has 0 bridgehead atoms. The number of likely N-dealkylation sites (N-methyl/N-ethyl adjacent to an activating group) is 1. The molecule has 0 radical (unpaired) electrons. The molecule has 5 nitrogen and oxygen atoms in total. The van der Waals surface area contributed by atoms with Gasteiger partial charge in [-0.3, -0.25) is 9.59 Å². The summed E-state index contributed by atoms with van der Waals surface area (Å²) in [6, 6.07) is -0.864. The third kappa shape index (κ3) is 4.59. The Morgan fingerprint density at radius 2 is 1.96 bits per heavy atom. The van der Waals surface area contributed by atoms with E-state index in [-0.39, 0.29) is 25.3 Å². The Balaban J connectivity index is 1.93. The van der Waals surface area contributed by atoms with Crippen LogP contribution in [0.15, 0.2) is 0 Å². The molecule has 1 unspecified atom stereocenters. The van der Waals surface area contributed by atoms with Crippen LogP contribution in [-0.4, -0.2) is 64.7 Å². The molecule has 1 saturated carbocycles. The van der Waals surface area contributed by atoms with Crippen LogP contribution in [0.2, 0.25) is 0 Å². The number of amides is 2. The smallest absolute Gasteiger partial charge is 0.389 e. The summed E-state index contributed by atoms with van der Waals surface area (Å²) >= 11 is 0. The maximum absolute atomic E-state index is 12.4. The van der Waals surface area contributed by atoms with E-state index in [0.29, 0.717) is 12.8 Å². The van der Waals surface area contributed by atoms with E-state index in [0.717, 1.165) is 24.2 Å². The minimum atomic E-state index is -4.44. The highest BCUT2D eigenvalue weighted by Crippen LogP contribution is 2.32. The van der Waals surface area contributed by atoms with Gasteiger partial charge in [0.25, 0.3) is 0 Å². The van der Waals surface area contributed by atoms with E-state index >= 15 is 0 Å². The lowest BCUT2D eigenvalue weighted by atomic mass is 9.82. The molecule has 23 heavy (non-hydrogen) atoms. The second kappa shape index (κ2) is 6.67. The maximum Gasteiger partial charge on any atom is 0.406 e. The third-order valence-corrected chi connectivity index (χ3v) is 4.76. The average Bonchev–Trinajstić information content (AvgIpc) is 2.77. The maximum atomic E-state index is 12.4. The van der Waals surface area contributed by atoms with Gasteiger partial charge in [-0.15, -0.1) is 0 Å². The fourth-order valence-electron chi connectivity index (χ4n) is 3.42. The normalized spacial score (nSPS) is 24.8. The van der Waals surface area contributed by atoms with Gasteiger partial charge in [-0.25, -0.2) is 0 Å². The summed E-state index contributed by atoms with van der Waals surface area (Å²) in [5, 5.41) is 10.4. The number of carbonyl (C=O) groups is 2. The van der Waals surface area contributed by atoms with Gasteiger partial charge in [-0.2, -0.15) is 13.2 Å². The highest BCUT2D eigenvalue weighted by molar-refractivity contribution is 5.89. The quantitative estimate of drug-likeness (QED) is 0.850. The summed E-state index contributed by atoms with van der Waals surface area (Å²) < 4.78 is 37.3. The van der Waals surface area contributed by atoms with Crippen LogP contribution in [0.1, 0.15) is 44.9 Å². The fraction of sp³-hybridized carbons (Fsp3) is 0.867. The van der Waals surface area contributed by atoms with E-state index < -0.39 is 30.3 Å². The standard InChI is InChI=1S/C15H23F3N2O3/c1-19(12(21)9-14(23)6-3-2-4-7-14)11-5-8-20(13(11)22)10-15(16,17)18/h11,23H,2-10H2,1H3. The third-order valence-electron chi connectivity index (χ3n) is 4.76. The molecule has 1 atom stereocenters. The number of hydrogen-bond acceptors (Lipinski definition) is 3. The molecule has 1 saturated heterocycles. The number of carbonyl (C=O) groups excluding carboxylic acids is 2. The Kier molecular flexibility index (Phi) is 5.23. The van der Waals surface area contributed by atoms with E-state index in [1.54, 1.807) is 0 Å². The zero-order valence-corrected chi connectivity index (χ0v) is 13.2. The number of nitrogens with zero attached hydrogens (tertiary/aromatic N) is 2. The predicted molar refractivity (Wildman–Crippen MR) is 76.5 cm³/mol. The SMILES string of the molecule is CN(C(=O)CC1(O)CCCCC1)C1CCN(CC(F)(F)F)C1=O. The van der Waals surface area contributed by atoms with Crippen LogP contribution in [0.4, 0.5) is 13.2 Å². The molecule has 2 amide bonds. The van der Waals surface area contributed by atoms with Gasteiger partial charge in [-0.05, 0) is 19.3 Å². The van der Waals surface area contributed by atoms with Crippen LogP contribution in [0, 0.1) is 0 Å². The molecule has 0 aromatic heterocycles. The Morgan fingerprint density at radius 3 is 2.52 bits per heavy atom. The van der Waals surface area contributed by atoms with E-state index in [1.165, 1.54) is 11.9 Å². The molecule has 1 N–H and O–H groups in total. The lowest BCUT2D eigenvalue weighted by Crippen LogP contribution is -2.47. The molecule has 2 aliphatic rings. The fourth-order valence-corrected chi connectivity index (χ4v) is 3.42. The molecule has 8 heteroatoms. The molecular formula is C15H23F3N2O3. The lowest BCUT2D eigenvalue weighted by Gasteiger charge is -2.34. The first kappa shape index (κ1) is 18.0. The molecule has 132 valence electrons. The van der Waals surface area contributed by atoms with Gasteiger partial charge >= 0.3 is 6.18 Å². The summed E-state index contributed by atoms with van der Waals surface area (Å²) in [4.78, 5) is 26.3. The molecule has 0 aromatic rings. The van der Waals surface area contributed by atoms with E-state index in [1.807, 2.05) is 0 Å². The molecule has 1 aliphatic carbocycles. The van der Waals surface area contributed by atoms with Crippen LogP contribution >= 0.6 is 0 Å². The summed E-state index contributed by atoms with van der Waals surface area (Å²) in [7, 11) is 1.42. The first-order chi connectivity index (χ1) is 10.6. The van der Waals surface area contributed by atoms with Crippen molar-refractivity contribution < 1.29 is 27.9 Å². The number of likely N-dealkylation sites (tertiary alicyclic amines) is 1. The van der Waals surface area contributed by atoms with Crippen LogP contribution in [-0.2, 0) is 9.59 Å². The zero-order chi connectivity index (χ0) is 17.3. The predicted octanol–water partition coefficient (Wildman–Crippen LogP) is 1.69. The van der Waals surface area contributed by atoms with Gasteiger partial charge in [0.2, 0.25) is 11.8 Å². The van der Waals surface area contributed by atoms with Crippen molar-refractivity contribution in [2.24, 2.45) is 0 Å². The Hall–Kier alpha value is -1.31. The monoisotopic (exact) mass is 336 g/mol. The largest absolute Gasteiger partial charge is 0.406 e. The minimum Gasteiger partial charge on any atom is -0.389 e. The Labute approximate surface area is 133 Å². The molecule has 2 rings (SSSR count). The Bertz CT molecular complexity index is 461. The van der Waals surface area contributed by atoms with E-state index in [4.69, 9.17) is 0 Å². The average molecular weight is 336 g/mol. The molecule has 0 spiro atoms. The van der Waals surface area contributed by atoms with Crippen molar-refractivity contribution in [2.75, 3.05) is 20.1 Å². The van der Waals surface area contributed by atoms with Crippen molar-refractivity contribution in [3.63, 3.8) is 0 Å². The summed E-state index contributed by atoms with van der Waals surface area (Å²) in [5.74, 6) is -1.06. The topological polar surface area (TPSA) is 60.9 Å². The van der Waals surface area contributed by atoms with E-state index in [9.17, 15) is 27.9 Å². The van der Waals surface area contributed by atoms with Gasteiger partial charge < -0.3 is 14.9 Å². The lowest BCUT2D eigenvalue weighted by molar-refractivity contribution is -0.160. The van der Waals surface area contributed by atoms with Gasteiger partial charge in [0.05, 0.1) is 12.0 Å². The second-order valence-corrected chi connectivity index (χ2v) is 6.65. The summed E-state index contributed by atoms with van der Waals surface area (Å²) in [6.07, 6.45) is -0.492. The highest BCUT2D eigenvalue weighted by atomic mass is 19.4. The van der Waals surface area contributed by atoms with Crippen molar-refractivity contribution in [3.05, 3.63) is 0 Å². The number of hydrogen-bond donors (Lipinski definition) is 1. The first-order valence-corrected chi connectivity index (χ1v) is 7.95.